The van der Waals surface area contributed by atoms with E-state index in [1.807, 2.05) is 25.3 Å². The van der Waals surface area contributed by atoms with Crippen LogP contribution >= 0.6 is 0 Å². The Balaban J connectivity index is 1.74. The third-order valence-corrected chi connectivity index (χ3v) is 3.73. The van der Waals surface area contributed by atoms with Gasteiger partial charge in [-0.25, -0.2) is 4.79 Å². The van der Waals surface area contributed by atoms with Gasteiger partial charge in [-0.15, -0.1) is 10.2 Å². The van der Waals surface area contributed by atoms with Crippen molar-refractivity contribution >= 4 is 6.09 Å². The topological polar surface area (TPSA) is 72.3 Å². The van der Waals surface area contributed by atoms with Gasteiger partial charge in [-0.05, 0) is 40.5 Å². The van der Waals surface area contributed by atoms with Crippen LogP contribution in [-0.4, -0.2) is 50.5 Å². The van der Waals surface area contributed by atoms with Crippen molar-refractivity contribution in [2.45, 2.75) is 65.3 Å². The zero-order valence-electron chi connectivity index (χ0n) is 14.0. The number of likely N-dealkylation sites (tertiary alicyclic amines) is 1. The lowest BCUT2D eigenvalue weighted by Crippen LogP contribution is -2.46. The van der Waals surface area contributed by atoms with Crippen LogP contribution in [0.25, 0.3) is 0 Å². The van der Waals surface area contributed by atoms with Crippen LogP contribution < -0.4 is 5.32 Å². The van der Waals surface area contributed by atoms with E-state index in [1.165, 1.54) is 0 Å². The quantitative estimate of drug-likeness (QED) is 0.918. The summed E-state index contributed by atoms with van der Waals surface area (Å²) in [7, 11) is 0. The first-order valence-corrected chi connectivity index (χ1v) is 7.97. The van der Waals surface area contributed by atoms with E-state index in [0.29, 0.717) is 12.6 Å². The molecule has 1 aliphatic heterocycles. The van der Waals surface area contributed by atoms with Gasteiger partial charge in [-0.2, -0.15) is 0 Å². The summed E-state index contributed by atoms with van der Waals surface area (Å²) >= 11 is 0. The molecule has 7 nitrogen and oxygen atoms in total. The fourth-order valence-electron chi connectivity index (χ4n) is 2.51. The minimum atomic E-state index is -0.434. The number of amides is 1. The number of hydrogen-bond donors (Lipinski definition) is 1. The molecule has 2 rings (SSSR count). The lowest BCUT2D eigenvalue weighted by atomic mass is 10.1. The highest BCUT2D eigenvalue weighted by atomic mass is 16.6. The molecule has 1 aliphatic rings. The van der Waals surface area contributed by atoms with E-state index in [4.69, 9.17) is 4.74 Å². The number of aryl methyl sites for hydroxylation is 1. The molecule has 22 heavy (non-hydrogen) atoms. The normalized spacial score (nSPS) is 16.8. The third-order valence-electron chi connectivity index (χ3n) is 3.73. The summed E-state index contributed by atoms with van der Waals surface area (Å²) < 4.78 is 7.44. The first-order valence-electron chi connectivity index (χ1n) is 7.97. The van der Waals surface area contributed by atoms with E-state index in [-0.39, 0.29) is 6.09 Å². The van der Waals surface area contributed by atoms with Crippen molar-refractivity contribution < 1.29 is 9.53 Å². The van der Waals surface area contributed by atoms with Gasteiger partial charge in [0.1, 0.15) is 17.8 Å². The molecular weight excluding hydrogens is 282 g/mol. The molecule has 2 heterocycles. The van der Waals surface area contributed by atoms with Gasteiger partial charge >= 0.3 is 6.09 Å². The van der Waals surface area contributed by atoms with E-state index in [1.54, 1.807) is 11.2 Å². The van der Waals surface area contributed by atoms with Crippen LogP contribution in [0, 0.1) is 0 Å². The molecule has 0 spiro atoms. The highest BCUT2D eigenvalue weighted by Gasteiger charge is 2.26. The van der Waals surface area contributed by atoms with Gasteiger partial charge in [0, 0.05) is 25.7 Å². The monoisotopic (exact) mass is 309 g/mol. The van der Waals surface area contributed by atoms with Gasteiger partial charge in [-0.1, -0.05) is 0 Å². The zero-order valence-corrected chi connectivity index (χ0v) is 14.0. The number of hydrogen-bond acceptors (Lipinski definition) is 5. The standard InChI is InChI=1S/C15H27N5O2/c1-5-19-11-17-18-13(19)10-16-12-6-8-20(9-7-12)14(21)22-15(2,3)4/h11-12,16H,5-10H2,1-4H3. The zero-order chi connectivity index (χ0) is 16.2. The Morgan fingerprint density at radius 2 is 2.09 bits per heavy atom. The van der Waals surface area contributed by atoms with Crippen molar-refractivity contribution in [3.63, 3.8) is 0 Å². The predicted molar refractivity (Wildman–Crippen MR) is 83.4 cm³/mol. The van der Waals surface area contributed by atoms with Crippen molar-refractivity contribution in [3.05, 3.63) is 12.2 Å². The molecular formula is C15H27N5O2. The molecule has 1 aromatic rings. The molecule has 124 valence electrons. The smallest absolute Gasteiger partial charge is 0.410 e. The first kappa shape index (κ1) is 16.7. The summed E-state index contributed by atoms with van der Waals surface area (Å²) in [6.07, 6.45) is 3.40. The number of aromatic nitrogens is 3. The molecule has 0 atom stereocenters. The molecule has 0 bridgehead atoms. The van der Waals surface area contributed by atoms with Crippen molar-refractivity contribution in [3.8, 4) is 0 Å². The minimum absolute atomic E-state index is 0.211. The van der Waals surface area contributed by atoms with Crippen molar-refractivity contribution in [1.29, 1.82) is 0 Å². The number of piperidine rings is 1. The Kier molecular flexibility index (Phi) is 5.39. The Labute approximate surface area is 132 Å². The average Bonchev–Trinajstić information content (AvgIpc) is 2.91. The molecule has 1 N–H and O–H groups in total. The fraction of sp³-hybridized carbons (Fsp3) is 0.800. The van der Waals surface area contributed by atoms with Crippen LogP contribution in [0.3, 0.4) is 0 Å². The third kappa shape index (κ3) is 4.69. The first-order chi connectivity index (χ1) is 10.4. The molecule has 0 aliphatic carbocycles. The Morgan fingerprint density at radius 3 is 2.68 bits per heavy atom. The maximum Gasteiger partial charge on any atom is 0.410 e. The van der Waals surface area contributed by atoms with Crippen LogP contribution in [0.2, 0.25) is 0 Å². The van der Waals surface area contributed by atoms with Crippen LogP contribution in [-0.2, 0) is 17.8 Å². The minimum Gasteiger partial charge on any atom is -0.444 e. The highest BCUT2D eigenvalue weighted by Crippen LogP contribution is 2.15. The average molecular weight is 309 g/mol. The van der Waals surface area contributed by atoms with E-state index in [0.717, 1.165) is 38.3 Å². The van der Waals surface area contributed by atoms with Gasteiger partial charge < -0.3 is 19.5 Å². The van der Waals surface area contributed by atoms with E-state index >= 15 is 0 Å². The van der Waals surface area contributed by atoms with Gasteiger partial charge in [-0.3, -0.25) is 0 Å². The SMILES string of the molecule is CCn1cnnc1CNC1CCN(C(=O)OC(C)(C)C)CC1. The second-order valence-corrected chi connectivity index (χ2v) is 6.66. The van der Waals surface area contributed by atoms with Crippen LogP contribution in [0.1, 0.15) is 46.4 Å². The lowest BCUT2D eigenvalue weighted by molar-refractivity contribution is 0.0198. The van der Waals surface area contributed by atoms with Gasteiger partial charge in [0.05, 0.1) is 6.54 Å². The molecule has 0 radical (unpaired) electrons. The van der Waals surface area contributed by atoms with Crippen molar-refractivity contribution in [2.24, 2.45) is 0 Å². The largest absolute Gasteiger partial charge is 0.444 e. The molecule has 0 unspecified atom stereocenters. The summed E-state index contributed by atoms with van der Waals surface area (Å²) in [4.78, 5) is 13.8. The van der Waals surface area contributed by atoms with Gasteiger partial charge in [0.25, 0.3) is 0 Å². The number of carbonyl (C=O) groups excluding carboxylic acids is 1. The molecule has 1 fully saturated rings. The van der Waals surface area contributed by atoms with Crippen molar-refractivity contribution in [2.75, 3.05) is 13.1 Å². The summed E-state index contributed by atoms with van der Waals surface area (Å²) in [6, 6.07) is 0.403. The fourth-order valence-corrected chi connectivity index (χ4v) is 2.51. The second kappa shape index (κ2) is 7.09. The van der Waals surface area contributed by atoms with E-state index in [9.17, 15) is 4.79 Å². The predicted octanol–water partition coefficient (Wildman–Crippen LogP) is 1.79. The Hall–Kier alpha value is -1.63. The summed E-state index contributed by atoms with van der Waals surface area (Å²) in [5.74, 6) is 0.956. The lowest BCUT2D eigenvalue weighted by Gasteiger charge is -2.33. The number of ether oxygens (including phenoxy) is 1. The summed E-state index contributed by atoms with van der Waals surface area (Å²) in [5, 5.41) is 11.6. The maximum atomic E-state index is 12.0. The van der Waals surface area contributed by atoms with Crippen LogP contribution in [0.5, 0.6) is 0 Å². The molecule has 1 aromatic heterocycles. The van der Waals surface area contributed by atoms with Gasteiger partial charge in [0.2, 0.25) is 0 Å². The molecule has 0 saturated carbocycles. The number of nitrogens with one attached hydrogen (secondary N) is 1. The molecule has 7 heteroatoms. The van der Waals surface area contributed by atoms with E-state index < -0.39 is 5.60 Å². The number of nitrogens with zero attached hydrogens (tertiary/aromatic N) is 4. The highest BCUT2D eigenvalue weighted by molar-refractivity contribution is 5.68. The Bertz CT molecular complexity index is 486. The van der Waals surface area contributed by atoms with Gasteiger partial charge in [0.15, 0.2) is 0 Å². The van der Waals surface area contributed by atoms with Crippen LogP contribution in [0.4, 0.5) is 4.79 Å². The second-order valence-electron chi connectivity index (χ2n) is 6.66. The Morgan fingerprint density at radius 1 is 1.41 bits per heavy atom. The maximum absolute atomic E-state index is 12.0. The molecule has 1 amide bonds. The summed E-state index contributed by atoms with van der Waals surface area (Å²) in [5.41, 5.74) is -0.434. The van der Waals surface area contributed by atoms with Crippen LogP contribution in [0.15, 0.2) is 6.33 Å². The molecule has 1 saturated heterocycles. The van der Waals surface area contributed by atoms with Crippen molar-refractivity contribution in [1.82, 2.24) is 25.0 Å². The van der Waals surface area contributed by atoms with E-state index in [2.05, 4.69) is 22.4 Å². The number of rotatable bonds is 4. The molecule has 0 aromatic carbocycles. The summed E-state index contributed by atoms with van der Waals surface area (Å²) in [6.45, 7) is 10.8. The number of carbonyl (C=O) groups is 1.